The van der Waals surface area contributed by atoms with Gasteiger partial charge in [0.25, 0.3) is 0 Å². The lowest BCUT2D eigenvalue weighted by Gasteiger charge is -2.25. The lowest BCUT2D eigenvalue weighted by molar-refractivity contribution is -0.390. The van der Waals surface area contributed by atoms with E-state index in [2.05, 4.69) is 14.9 Å². The van der Waals surface area contributed by atoms with Crippen molar-refractivity contribution in [2.45, 2.75) is 6.54 Å². The first-order valence-electron chi connectivity index (χ1n) is 10.1. The van der Waals surface area contributed by atoms with E-state index in [0.717, 1.165) is 34.4 Å². The third-order valence-corrected chi connectivity index (χ3v) is 6.00. The lowest BCUT2D eigenvalue weighted by atomic mass is 10.1. The molecule has 0 unspecified atom stereocenters. The van der Waals surface area contributed by atoms with Gasteiger partial charge in [-0.2, -0.15) is 4.98 Å². The highest BCUT2D eigenvalue weighted by Crippen LogP contribution is 2.40. The Labute approximate surface area is 187 Å². The maximum absolute atomic E-state index is 11.5. The van der Waals surface area contributed by atoms with Gasteiger partial charge in [-0.1, -0.05) is 30.3 Å². The molecular weight excluding hydrogens is 430 g/mol. The third kappa shape index (κ3) is 4.15. The van der Waals surface area contributed by atoms with Crippen LogP contribution in [-0.2, 0) is 11.3 Å². The standard InChI is InChI=1S/C22H19N5O4S/c28-27(29)20-17(7-4-8-23-20)31-21-19-16(15-5-2-1-3-6-15)14-32-22(19)25-18(24-21)13-26-9-11-30-12-10-26/h1-8,14H,9-13H2. The molecule has 10 heteroatoms. The van der Waals surface area contributed by atoms with E-state index in [1.165, 1.54) is 23.6 Å². The number of nitro groups is 1. The Morgan fingerprint density at radius 3 is 2.72 bits per heavy atom. The van der Waals surface area contributed by atoms with Crippen molar-refractivity contribution in [3.8, 4) is 22.8 Å². The van der Waals surface area contributed by atoms with Gasteiger partial charge in [-0.05, 0) is 27.6 Å². The van der Waals surface area contributed by atoms with Crippen LogP contribution >= 0.6 is 11.3 Å². The number of ether oxygens (including phenoxy) is 2. The van der Waals surface area contributed by atoms with Crippen LogP contribution in [0.4, 0.5) is 5.82 Å². The van der Waals surface area contributed by atoms with E-state index in [9.17, 15) is 10.1 Å². The average molecular weight is 449 g/mol. The number of thiophene rings is 1. The van der Waals surface area contributed by atoms with Crippen LogP contribution in [0.15, 0.2) is 54.0 Å². The molecule has 4 heterocycles. The monoisotopic (exact) mass is 449 g/mol. The Balaban J connectivity index is 1.61. The first-order valence-corrected chi connectivity index (χ1v) is 11.0. The fourth-order valence-corrected chi connectivity index (χ4v) is 4.55. The summed E-state index contributed by atoms with van der Waals surface area (Å²) in [7, 11) is 0. The minimum absolute atomic E-state index is 0.0417. The third-order valence-electron chi connectivity index (χ3n) is 5.13. The number of hydrogen-bond donors (Lipinski definition) is 0. The topological polar surface area (TPSA) is 104 Å². The number of hydrogen-bond acceptors (Lipinski definition) is 9. The maximum Gasteiger partial charge on any atom is 0.406 e. The predicted molar refractivity (Wildman–Crippen MR) is 120 cm³/mol. The summed E-state index contributed by atoms with van der Waals surface area (Å²) in [5.41, 5.74) is 1.92. The van der Waals surface area contributed by atoms with Crippen molar-refractivity contribution < 1.29 is 14.4 Å². The molecule has 0 saturated carbocycles. The second-order valence-corrected chi connectivity index (χ2v) is 8.07. The molecule has 1 aromatic carbocycles. The van der Waals surface area contributed by atoms with Crippen molar-refractivity contribution in [2.75, 3.05) is 26.3 Å². The van der Waals surface area contributed by atoms with Crippen molar-refractivity contribution in [3.05, 3.63) is 70.0 Å². The summed E-state index contributed by atoms with van der Waals surface area (Å²) in [5, 5.41) is 14.2. The summed E-state index contributed by atoms with van der Waals surface area (Å²) < 4.78 is 11.5. The van der Waals surface area contributed by atoms with Crippen molar-refractivity contribution in [2.24, 2.45) is 0 Å². The predicted octanol–water partition coefficient (Wildman–Crippen LogP) is 4.29. The first kappa shape index (κ1) is 20.4. The number of pyridine rings is 1. The summed E-state index contributed by atoms with van der Waals surface area (Å²) >= 11 is 1.50. The number of rotatable bonds is 6. The largest absolute Gasteiger partial charge is 0.429 e. The van der Waals surface area contributed by atoms with Crippen LogP contribution in [0.25, 0.3) is 21.3 Å². The van der Waals surface area contributed by atoms with Crippen LogP contribution < -0.4 is 4.74 Å². The lowest BCUT2D eigenvalue weighted by Crippen LogP contribution is -2.36. The molecular formula is C22H19N5O4S. The van der Waals surface area contributed by atoms with Crippen LogP contribution in [-0.4, -0.2) is 51.1 Å². The normalized spacial score (nSPS) is 14.5. The summed E-state index contributed by atoms with van der Waals surface area (Å²) in [6.07, 6.45) is 1.37. The minimum Gasteiger partial charge on any atom is -0.429 e. The number of nitrogens with zero attached hydrogens (tertiary/aromatic N) is 5. The highest BCUT2D eigenvalue weighted by molar-refractivity contribution is 7.17. The van der Waals surface area contributed by atoms with Crippen LogP contribution in [0.3, 0.4) is 0 Å². The Morgan fingerprint density at radius 2 is 1.94 bits per heavy atom. The molecule has 0 amide bonds. The molecule has 1 aliphatic rings. The van der Waals surface area contributed by atoms with Crippen molar-refractivity contribution >= 4 is 27.4 Å². The Morgan fingerprint density at radius 1 is 1.12 bits per heavy atom. The van der Waals surface area contributed by atoms with E-state index < -0.39 is 4.92 Å². The highest BCUT2D eigenvalue weighted by atomic mass is 32.1. The molecule has 0 radical (unpaired) electrons. The Kier molecular flexibility index (Phi) is 5.71. The zero-order valence-electron chi connectivity index (χ0n) is 17.0. The van der Waals surface area contributed by atoms with Crippen LogP contribution in [0.2, 0.25) is 0 Å². The molecule has 1 fully saturated rings. The number of benzene rings is 1. The van der Waals surface area contributed by atoms with Crippen molar-refractivity contribution in [1.29, 1.82) is 0 Å². The van der Waals surface area contributed by atoms with Gasteiger partial charge >= 0.3 is 5.82 Å². The fraction of sp³-hybridized carbons (Fsp3) is 0.227. The van der Waals surface area contributed by atoms with E-state index in [0.29, 0.717) is 25.6 Å². The molecule has 5 rings (SSSR count). The maximum atomic E-state index is 11.5. The molecule has 9 nitrogen and oxygen atoms in total. The smallest absolute Gasteiger partial charge is 0.406 e. The second-order valence-electron chi connectivity index (χ2n) is 7.21. The molecule has 3 aromatic heterocycles. The van der Waals surface area contributed by atoms with E-state index in [4.69, 9.17) is 14.5 Å². The van der Waals surface area contributed by atoms with E-state index in [1.807, 2.05) is 35.7 Å². The molecule has 0 atom stereocenters. The summed E-state index contributed by atoms with van der Waals surface area (Å²) in [4.78, 5) is 27.2. The molecule has 0 spiro atoms. The van der Waals surface area contributed by atoms with Gasteiger partial charge in [-0.25, -0.2) is 4.98 Å². The molecule has 0 bridgehead atoms. The van der Waals surface area contributed by atoms with Crippen LogP contribution in [0.1, 0.15) is 5.82 Å². The van der Waals surface area contributed by atoms with Gasteiger partial charge in [-0.15, -0.1) is 11.3 Å². The Hall–Kier alpha value is -3.47. The SMILES string of the molecule is O=[N+]([O-])c1ncccc1Oc1nc(CN2CCOCC2)nc2scc(-c3ccccc3)c12. The summed E-state index contributed by atoms with van der Waals surface area (Å²) in [6, 6.07) is 13.0. The molecule has 32 heavy (non-hydrogen) atoms. The number of aromatic nitrogens is 3. The van der Waals surface area contributed by atoms with Crippen molar-refractivity contribution in [3.63, 3.8) is 0 Å². The van der Waals surface area contributed by atoms with Gasteiger partial charge in [0.2, 0.25) is 11.6 Å². The first-order chi connectivity index (χ1) is 15.7. The van der Waals surface area contributed by atoms with Gasteiger partial charge in [0.15, 0.2) is 0 Å². The molecule has 0 aliphatic carbocycles. The summed E-state index contributed by atoms with van der Waals surface area (Å²) in [6.45, 7) is 3.48. The molecule has 0 N–H and O–H groups in total. The quantitative estimate of drug-likeness (QED) is 0.317. The van der Waals surface area contributed by atoms with E-state index in [-0.39, 0.29) is 17.4 Å². The van der Waals surface area contributed by atoms with E-state index >= 15 is 0 Å². The number of morpholine rings is 1. The van der Waals surface area contributed by atoms with Crippen LogP contribution in [0, 0.1) is 10.1 Å². The fourth-order valence-electron chi connectivity index (χ4n) is 3.59. The van der Waals surface area contributed by atoms with Gasteiger partial charge < -0.3 is 19.6 Å². The molecule has 162 valence electrons. The van der Waals surface area contributed by atoms with E-state index in [1.54, 1.807) is 6.07 Å². The minimum atomic E-state index is -0.561. The molecule has 4 aromatic rings. The molecule has 1 aliphatic heterocycles. The van der Waals surface area contributed by atoms with Crippen LogP contribution in [0.5, 0.6) is 11.6 Å². The number of fused-ring (bicyclic) bond motifs is 1. The zero-order chi connectivity index (χ0) is 21.9. The average Bonchev–Trinajstić information content (AvgIpc) is 3.25. The zero-order valence-corrected chi connectivity index (χ0v) is 17.8. The van der Waals surface area contributed by atoms with Gasteiger partial charge in [-0.3, -0.25) is 4.90 Å². The van der Waals surface area contributed by atoms with Gasteiger partial charge in [0, 0.05) is 24.0 Å². The van der Waals surface area contributed by atoms with Crippen molar-refractivity contribution in [1.82, 2.24) is 19.9 Å². The second kappa shape index (κ2) is 8.95. The summed E-state index contributed by atoms with van der Waals surface area (Å²) in [5.74, 6) is 0.572. The molecule has 1 saturated heterocycles. The van der Waals surface area contributed by atoms with Gasteiger partial charge in [0.1, 0.15) is 16.9 Å². The van der Waals surface area contributed by atoms with Gasteiger partial charge in [0.05, 0.1) is 25.1 Å². The Bertz CT molecular complexity index is 1260. The highest BCUT2D eigenvalue weighted by Gasteiger charge is 2.23.